The molecule has 1 aromatic carbocycles. The predicted octanol–water partition coefficient (Wildman–Crippen LogP) is 2.70. The number of nitrogens with one attached hydrogen (secondary N) is 2. The number of benzene rings is 1. The fourth-order valence-electron chi connectivity index (χ4n) is 1.91. The summed E-state index contributed by atoms with van der Waals surface area (Å²) in [6.07, 6.45) is 7.45. The minimum atomic E-state index is 0.546. The van der Waals surface area contributed by atoms with Gasteiger partial charge in [0.15, 0.2) is 0 Å². The average molecular weight is 271 g/mol. The number of nitrogens with zero attached hydrogens (tertiary/aromatic N) is 1. The van der Waals surface area contributed by atoms with Crippen LogP contribution in [0, 0.1) is 0 Å². The Hall–Kier alpha value is -2.07. The fourth-order valence-corrected chi connectivity index (χ4v) is 1.91. The highest BCUT2D eigenvalue weighted by atomic mass is 16.5. The second-order valence-corrected chi connectivity index (χ2v) is 4.56. The molecule has 106 valence electrons. The Labute approximate surface area is 119 Å². The fraction of sp³-hybridized carbons (Fsp3) is 0.312. The van der Waals surface area contributed by atoms with Gasteiger partial charge in [0.2, 0.25) is 0 Å². The average Bonchev–Trinajstić information content (AvgIpc) is 2.99. The lowest BCUT2D eigenvalue weighted by atomic mass is 10.2. The normalized spacial score (nSPS) is 10.4. The Morgan fingerprint density at radius 2 is 2.15 bits per heavy atom. The molecule has 2 N–H and O–H groups in total. The highest BCUT2D eigenvalue weighted by molar-refractivity contribution is 5.27. The van der Waals surface area contributed by atoms with Crippen molar-refractivity contribution in [3.8, 4) is 5.75 Å². The second kappa shape index (κ2) is 8.17. The monoisotopic (exact) mass is 271 g/mol. The molecule has 0 bridgehead atoms. The molecule has 2 aromatic rings. The van der Waals surface area contributed by atoms with Crippen LogP contribution in [0.5, 0.6) is 5.75 Å². The number of aromatic amines is 1. The molecule has 4 heteroatoms. The highest BCUT2D eigenvalue weighted by Crippen LogP contribution is 2.11. The van der Waals surface area contributed by atoms with Gasteiger partial charge in [0.1, 0.15) is 18.2 Å². The standard InChI is InChI=1S/C16H21N3O/c1-2-12-20-15-7-5-14(6-8-15)13-17-9-3-4-16-18-10-11-19-16/h2,5-8,10-11,17H,1,3-4,9,12-13H2,(H,18,19). The van der Waals surface area contributed by atoms with Crippen molar-refractivity contribution in [2.45, 2.75) is 19.4 Å². The van der Waals surface area contributed by atoms with Crippen LogP contribution < -0.4 is 10.1 Å². The second-order valence-electron chi connectivity index (χ2n) is 4.56. The maximum absolute atomic E-state index is 5.45. The van der Waals surface area contributed by atoms with E-state index in [0.29, 0.717) is 6.61 Å². The Kier molecular flexibility index (Phi) is 5.86. The van der Waals surface area contributed by atoms with E-state index in [1.54, 1.807) is 12.3 Å². The zero-order chi connectivity index (χ0) is 14.0. The van der Waals surface area contributed by atoms with E-state index < -0.39 is 0 Å². The molecular formula is C16H21N3O. The third-order valence-corrected chi connectivity index (χ3v) is 2.94. The number of H-pyrrole nitrogens is 1. The third-order valence-electron chi connectivity index (χ3n) is 2.94. The van der Waals surface area contributed by atoms with Gasteiger partial charge in [-0.2, -0.15) is 0 Å². The molecule has 0 fully saturated rings. The van der Waals surface area contributed by atoms with E-state index >= 15 is 0 Å². The van der Waals surface area contributed by atoms with Gasteiger partial charge in [0.25, 0.3) is 0 Å². The molecule has 2 rings (SSSR count). The van der Waals surface area contributed by atoms with Crippen LogP contribution in [0.15, 0.2) is 49.3 Å². The number of aryl methyl sites for hydroxylation is 1. The summed E-state index contributed by atoms with van der Waals surface area (Å²) in [4.78, 5) is 7.31. The molecule has 0 radical (unpaired) electrons. The van der Waals surface area contributed by atoms with E-state index in [1.807, 2.05) is 18.3 Å². The Morgan fingerprint density at radius 3 is 2.85 bits per heavy atom. The molecule has 0 spiro atoms. The lowest BCUT2D eigenvalue weighted by molar-refractivity contribution is 0.363. The molecule has 0 aliphatic heterocycles. The van der Waals surface area contributed by atoms with Gasteiger partial charge in [0.05, 0.1) is 0 Å². The molecule has 0 aliphatic rings. The van der Waals surface area contributed by atoms with E-state index in [9.17, 15) is 0 Å². The smallest absolute Gasteiger partial charge is 0.119 e. The number of hydrogen-bond acceptors (Lipinski definition) is 3. The van der Waals surface area contributed by atoms with Crippen LogP contribution in [0.4, 0.5) is 0 Å². The molecule has 0 unspecified atom stereocenters. The minimum Gasteiger partial charge on any atom is -0.490 e. The van der Waals surface area contributed by atoms with E-state index in [-0.39, 0.29) is 0 Å². The highest BCUT2D eigenvalue weighted by Gasteiger charge is 1.97. The van der Waals surface area contributed by atoms with Crippen molar-refractivity contribution in [2.75, 3.05) is 13.2 Å². The van der Waals surface area contributed by atoms with Crippen LogP contribution in [0.1, 0.15) is 17.8 Å². The third kappa shape index (κ3) is 4.90. The SMILES string of the molecule is C=CCOc1ccc(CNCCCc2ncc[nH]2)cc1. The van der Waals surface area contributed by atoms with Crippen LogP contribution in [-0.4, -0.2) is 23.1 Å². The molecule has 1 aromatic heterocycles. The Morgan fingerprint density at radius 1 is 1.30 bits per heavy atom. The molecule has 0 atom stereocenters. The summed E-state index contributed by atoms with van der Waals surface area (Å²) in [5.41, 5.74) is 1.26. The number of imidazole rings is 1. The lowest BCUT2D eigenvalue weighted by Gasteiger charge is -2.06. The molecular weight excluding hydrogens is 250 g/mol. The van der Waals surface area contributed by atoms with E-state index in [1.165, 1.54) is 5.56 Å². The van der Waals surface area contributed by atoms with Crippen molar-refractivity contribution in [1.82, 2.24) is 15.3 Å². The summed E-state index contributed by atoms with van der Waals surface area (Å²) in [5, 5.41) is 3.43. The number of aromatic nitrogens is 2. The summed E-state index contributed by atoms with van der Waals surface area (Å²) >= 11 is 0. The van der Waals surface area contributed by atoms with Crippen molar-refractivity contribution in [3.05, 3.63) is 60.7 Å². The zero-order valence-corrected chi connectivity index (χ0v) is 11.6. The van der Waals surface area contributed by atoms with Crippen molar-refractivity contribution < 1.29 is 4.74 Å². The maximum Gasteiger partial charge on any atom is 0.119 e. The van der Waals surface area contributed by atoms with Gasteiger partial charge in [-0.05, 0) is 30.7 Å². The first-order valence-electron chi connectivity index (χ1n) is 6.90. The van der Waals surface area contributed by atoms with Crippen LogP contribution >= 0.6 is 0 Å². The topological polar surface area (TPSA) is 49.9 Å². The van der Waals surface area contributed by atoms with E-state index in [2.05, 4.69) is 34.0 Å². The van der Waals surface area contributed by atoms with Crippen molar-refractivity contribution >= 4 is 0 Å². The zero-order valence-electron chi connectivity index (χ0n) is 11.6. The Balaban J connectivity index is 1.62. The first-order valence-corrected chi connectivity index (χ1v) is 6.90. The molecule has 0 saturated carbocycles. The molecule has 1 heterocycles. The lowest BCUT2D eigenvalue weighted by Crippen LogP contribution is -2.15. The predicted molar refractivity (Wildman–Crippen MR) is 80.7 cm³/mol. The largest absolute Gasteiger partial charge is 0.490 e. The van der Waals surface area contributed by atoms with Crippen molar-refractivity contribution in [3.63, 3.8) is 0 Å². The van der Waals surface area contributed by atoms with Gasteiger partial charge in [-0.1, -0.05) is 24.8 Å². The van der Waals surface area contributed by atoms with Gasteiger partial charge < -0.3 is 15.0 Å². The maximum atomic E-state index is 5.45. The van der Waals surface area contributed by atoms with Crippen LogP contribution in [-0.2, 0) is 13.0 Å². The van der Waals surface area contributed by atoms with E-state index in [4.69, 9.17) is 4.74 Å². The number of ether oxygens (including phenoxy) is 1. The first-order chi connectivity index (χ1) is 9.88. The first kappa shape index (κ1) is 14.3. The molecule has 0 aliphatic carbocycles. The van der Waals surface area contributed by atoms with Crippen LogP contribution in [0.25, 0.3) is 0 Å². The summed E-state index contributed by atoms with van der Waals surface area (Å²) in [6, 6.07) is 8.14. The summed E-state index contributed by atoms with van der Waals surface area (Å²) in [5.74, 6) is 1.93. The van der Waals surface area contributed by atoms with Crippen LogP contribution in [0.3, 0.4) is 0 Å². The molecule has 0 amide bonds. The molecule has 0 saturated heterocycles. The molecule has 20 heavy (non-hydrogen) atoms. The van der Waals surface area contributed by atoms with Gasteiger partial charge >= 0.3 is 0 Å². The number of hydrogen-bond donors (Lipinski definition) is 2. The summed E-state index contributed by atoms with van der Waals surface area (Å²) < 4.78 is 5.45. The number of rotatable bonds is 9. The summed E-state index contributed by atoms with van der Waals surface area (Å²) in [7, 11) is 0. The van der Waals surface area contributed by atoms with Gasteiger partial charge in [0, 0.05) is 25.4 Å². The quantitative estimate of drug-likeness (QED) is 0.544. The van der Waals surface area contributed by atoms with Crippen molar-refractivity contribution in [2.24, 2.45) is 0 Å². The Bertz CT molecular complexity index is 491. The van der Waals surface area contributed by atoms with E-state index in [0.717, 1.165) is 37.5 Å². The van der Waals surface area contributed by atoms with Crippen molar-refractivity contribution in [1.29, 1.82) is 0 Å². The minimum absolute atomic E-state index is 0.546. The van der Waals surface area contributed by atoms with Gasteiger partial charge in [-0.15, -0.1) is 0 Å². The van der Waals surface area contributed by atoms with Crippen LogP contribution in [0.2, 0.25) is 0 Å². The van der Waals surface area contributed by atoms with Gasteiger partial charge in [-0.3, -0.25) is 0 Å². The summed E-state index contributed by atoms with van der Waals surface area (Å²) in [6.45, 7) is 6.03. The van der Waals surface area contributed by atoms with Gasteiger partial charge in [-0.25, -0.2) is 4.98 Å². The molecule has 4 nitrogen and oxygen atoms in total.